The van der Waals surface area contributed by atoms with Crippen LogP contribution in [0, 0.1) is 13.8 Å². The Hall–Kier alpha value is -2.37. The molecule has 0 unspecified atom stereocenters. The van der Waals surface area contributed by atoms with Gasteiger partial charge < -0.3 is 10.6 Å². The molecule has 0 aliphatic heterocycles. The summed E-state index contributed by atoms with van der Waals surface area (Å²) in [5, 5.41) is 7.31. The number of hydrogen-bond acceptors (Lipinski definition) is 4. The quantitative estimate of drug-likeness (QED) is 0.623. The maximum Gasteiger partial charge on any atom is 0.245 e. The summed E-state index contributed by atoms with van der Waals surface area (Å²) in [6.07, 6.45) is 2.57. The molecule has 0 radical (unpaired) electrons. The van der Waals surface area contributed by atoms with Crippen LogP contribution in [0.3, 0.4) is 0 Å². The van der Waals surface area contributed by atoms with Crippen molar-refractivity contribution in [1.29, 1.82) is 0 Å². The van der Waals surface area contributed by atoms with E-state index in [9.17, 15) is 4.79 Å². The minimum absolute atomic E-state index is 0.115. The van der Waals surface area contributed by atoms with E-state index in [0.717, 1.165) is 27.6 Å². The number of benzene rings is 2. The third kappa shape index (κ3) is 5.07. The zero-order valence-corrected chi connectivity index (χ0v) is 16.2. The number of amides is 1. The SMILES string of the molecule is Cc1ccc(NCC(=O)Nc2ncc(Cc3ccc(Cl)cc3)s2)cc1C. The van der Waals surface area contributed by atoms with E-state index < -0.39 is 0 Å². The first-order chi connectivity index (χ1) is 12.5. The molecule has 0 atom stereocenters. The summed E-state index contributed by atoms with van der Waals surface area (Å²) >= 11 is 7.39. The molecule has 0 aliphatic carbocycles. The van der Waals surface area contributed by atoms with E-state index in [4.69, 9.17) is 11.6 Å². The molecule has 3 rings (SSSR count). The second-order valence-electron chi connectivity index (χ2n) is 6.14. The van der Waals surface area contributed by atoms with Gasteiger partial charge in [-0.2, -0.15) is 0 Å². The molecule has 134 valence electrons. The van der Waals surface area contributed by atoms with Crippen molar-refractivity contribution in [3.8, 4) is 0 Å². The fraction of sp³-hybridized carbons (Fsp3) is 0.200. The molecule has 1 aromatic heterocycles. The smallest absolute Gasteiger partial charge is 0.245 e. The van der Waals surface area contributed by atoms with Gasteiger partial charge in [0.2, 0.25) is 5.91 Å². The van der Waals surface area contributed by atoms with Crippen LogP contribution in [0.1, 0.15) is 21.6 Å². The number of rotatable bonds is 6. The average molecular weight is 386 g/mol. The Morgan fingerprint density at radius 2 is 1.88 bits per heavy atom. The zero-order valence-electron chi connectivity index (χ0n) is 14.7. The highest BCUT2D eigenvalue weighted by Crippen LogP contribution is 2.22. The number of aryl methyl sites for hydroxylation is 2. The van der Waals surface area contributed by atoms with E-state index in [2.05, 4.69) is 29.5 Å². The summed E-state index contributed by atoms with van der Waals surface area (Å²) in [6.45, 7) is 4.32. The van der Waals surface area contributed by atoms with Gasteiger partial charge in [0.05, 0.1) is 6.54 Å². The fourth-order valence-electron chi connectivity index (χ4n) is 2.45. The first-order valence-electron chi connectivity index (χ1n) is 8.30. The summed E-state index contributed by atoms with van der Waals surface area (Å²) < 4.78 is 0. The Bertz CT molecular complexity index is 906. The van der Waals surface area contributed by atoms with E-state index >= 15 is 0 Å². The van der Waals surface area contributed by atoms with Crippen LogP contribution in [-0.4, -0.2) is 17.4 Å². The van der Waals surface area contributed by atoms with Crippen molar-refractivity contribution in [2.75, 3.05) is 17.2 Å². The predicted molar refractivity (Wildman–Crippen MR) is 109 cm³/mol. The standard InChI is InChI=1S/C20H20ClN3OS/c1-13-3-8-17(9-14(13)2)22-12-19(25)24-20-23-11-18(26-20)10-15-4-6-16(21)7-5-15/h3-9,11,22H,10,12H2,1-2H3,(H,23,24,25). The van der Waals surface area contributed by atoms with Crippen molar-refractivity contribution in [3.63, 3.8) is 0 Å². The molecule has 0 bridgehead atoms. The van der Waals surface area contributed by atoms with Crippen LogP contribution in [0.25, 0.3) is 0 Å². The van der Waals surface area contributed by atoms with E-state index in [-0.39, 0.29) is 12.5 Å². The molecule has 2 aromatic carbocycles. The first-order valence-corrected chi connectivity index (χ1v) is 9.49. The zero-order chi connectivity index (χ0) is 18.5. The van der Waals surface area contributed by atoms with Crippen LogP contribution in [0.5, 0.6) is 0 Å². The molecule has 4 nitrogen and oxygen atoms in total. The molecule has 6 heteroatoms. The van der Waals surface area contributed by atoms with Gasteiger partial charge in [0, 0.05) is 28.2 Å². The van der Waals surface area contributed by atoms with Gasteiger partial charge in [-0.1, -0.05) is 29.8 Å². The van der Waals surface area contributed by atoms with Gasteiger partial charge in [-0.15, -0.1) is 11.3 Å². The van der Waals surface area contributed by atoms with E-state index in [1.807, 2.05) is 42.5 Å². The van der Waals surface area contributed by atoms with Crippen LogP contribution in [0.15, 0.2) is 48.7 Å². The molecule has 26 heavy (non-hydrogen) atoms. The summed E-state index contributed by atoms with van der Waals surface area (Å²) in [5.74, 6) is -0.115. The molecule has 0 spiro atoms. The number of aromatic nitrogens is 1. The molecule has 0 saturated carbocycles. The second-order valence-corrected chi connectivity index (χ2v) is 7.69. The predicted octanol–water partition coefficient (Wildman–Crippen LogP) is 5.05. The van der Waals surface area contributed by atoms with E-state index in [1.54, 1.807) is 6.20 Å². The lowest BCUT2D eigenvalue weighted by Gasteiger charge is -2.08. The lowest BCUT2D eigenvalue weighted by molar-refractivity contribution is -0.114. The van der Waals surface area contributed by atoms with Gasteiger partial charge in [0.25, 0.3) is 0 Å². The molecular weight excluding hydrogens is 366 g/mol. The molecule has 2 N–H and O–H groups in total. The average Bonchev–Trinajstić information content (AvgIpc) is 3.05. The van der Waals surface area contributed by atoms with Crippen LogP contribution in [0.2, 0.25) is 5.02 Å². The van der Waals surface area contributed by atoms with Crippen LogP contribution in [-0.2, 0) is 11.2 Å². The molecule has 0 saturated heterocycles. The maximum absolute atomic E-state index is 12.1. The number of thiazole rings is 1. The van der Waals surface area contributed by atoms with E-state index in [1.165, 1.54) is 22.5 Å². The highest BCUT2D eigenvalue weighted by atomic mass is 35.5. The highest BCUT2D eigenvalue weighted by Gasteiger charge is 2.08. The number of nitrogens with one attached hydrogen (secondary N) is 2. The van der Waals surface area contributed by atoms with Crippen molar-refractivity contribution in [2.24, 2.45) is 0 Å². The largest absolute Gasteiger partial charge is 0.376 e. The topological polar surface area (TPSA) is 54.0 Å². The van der Waals surface area contributed by atoms with Gasteiger partial charge in [-0.25, -0.2) is 4.98 Å². The summed E-state index contributed by atoms with van der Waals surface area (Å²) in [5.41, 5.74) is 4.52. The minimum Gasteiger partial charge on any atom is -0.376 e. The van der Waals surface area contributed by atoms with Crippen molar-refractivity contribution in [3.05, 3.63) is 75.3 Å². The lowest BCUT2D eigenvalue weighted by Crippen LogP contribution is -2.21. The van der Waals surface area contributed by atoms with Gasteiger partial charge >= 0.3 is 0 Å². The number of hydrogen-bond donors (Lipinski definition) is 2. The Morgan fingerprint density at radius 1 is 1.12 bits per heavy atom. The first kappa shape index (κ1) is 18.4. The summed E-state index contributed by atoms with van der Waals surface area (Å²) in [4.78, 5) is 17.5. The maximum atomic E-state index is 12.1. The van der Waals surface area contributed by atoms with Gasteiger partial charge in [-0.3, -0.25) is 4.79 Å². The molecule has 0 aliphatic rings. The Morgan fingerprint density at radius 3 is 2.62 bits per heavy atom. The minimum atomic E-state index is -0.115. The molecule has 3 aromatic rings. The van der Waals surface area contributed by atoms with Gasteiger partial charge in [-0.05, 0) is 54.8 Å². The van der Waals surface area contributed by atoms with Crippen LogP contribution >= 0.6 is 22.9 Å². The third-order valence-electron chi connectivity index (χ3n) is 4.05. The molecule has 0 fully saturated rings. The van der Waals surface area contributed by atoms with Crippen LogP contribution < -0.4 is 10.6 Å². The monoisotopic (exact) mass is 385 g/mol. The van der Waals surface area contributed by atoms with E-state index in [0.29, 0.717) is 5.13 Å². The van der Waals surface area contributed by atoms with Crippen molar-refractivity contribution >= 4 is 39.7 Å². The normalized spacial score (nSPS) is 10.6. The summed E-state index contributed by atoms with van der Waals surface area (Å²) in [7, 11) is 0. The fourth-order valence-corrected chi connectivity index (χ4v) is 3.44. The van der Waals surface area contributed by atoms with Crippen LogP contribution in [0.4, 0.5) is 10.8 Å². The Labute approximate surface area is 162 Å². The van der Waals surface area contributed by atoms with Crippen molar-refractivity contribution in [2.45, 2.75) is 20.3 Å². The number of halogens is 1. The molecule has 1 heterocycles. The Balaban J connectivity index is 1.52. The van der Waals surface area contributed by atoms with Gasteiger partial charge in [0.15, 0.2) is 5.13 Å². The van der Waals surface area contributed by atoms with Crippen molar-refractivity contribution < 1.29 is 4.79 Å². The lowest BCUT2D eigenvalue weighted by atomic mass is 10.1. The highest BCUT2D eigenvalue weighted by molar-refractivity contribution is 7.15. The third-order valence-corrected chi connectivity index (χ3v) is 5.22. The second kappa shape index (κ2) is 8.34. The number of anilines is 2. The number of nitrogens with zero attached hydrogens (tertiary/aromatic N) is 1. The van der Waals surface area contributed by atoms with Crippen molar-refractivity contribution in [1.82, 2.24) is 4.98 Å². The number of carbonyl (C=O) groups is 1. The summed E-state index contributed by atoms with van der Waals surface area (Å²) in [6, 6.07) is 13.8. The number of carbonyl (C=O) groups excluding carboxylic acids is 1. The van der Waals surface area contributed by atoms with Gasteiger partial charge in [0.1, 0.15) is 0 Å². The Kier molecular flexibility index (Phi) is 5.91. The molecule has 1 amide bonds. The molecular formula is C20H20ClN3OS.